The number of hydrogen-bond acceptors (Lipinski definition) is 7. The van der Waals surface area contributed by atoms with Crippen LogP contribution in [0.25, 0.3) is 11.3 Å². The molecule has 3 rings (SSSR count). The number of pyridine rings is 2. The predicted molar refractivity (Wildman–Crippen MR) is 108 cm³/mol. The van der Waals surface area contributed by atoms with Gasteiger partial charge < -0.3 is 15.4 Å². The van der Waals surface area contributed by atoms with Crippen molar-refractivity contribution < 1.29 is 18.3 Å². The highest BCUT2D eigenvalue weighted by atomic mass is 19.3. The van der Waals surface area contributed by atoms with Crippen molar-refractivity contribution in [2.75, 3.05) is 17.7 Å². The third-order valence-corrected chi connectivity index (χ3v) is 3.93. The summed E-state index contributed by atoms with van der Waals surface area (Å²) in [7, 11) is 1.50. The van der Waals surface area contributed by atoms with Crippen LogP contribution in [0.5, 0.6) is 5.88 Å². The summed E-state index contributed by atoms with van der Waals surface area (Å²) in [5.41, 5.74) is 1.92. The highest BCUT2D eigenvalue weighted by Gasteiger charge is 2.29. The first-order valence-corrected chi connectivity index (χ1v) is 8.96. The van der Waals surface area contributed by atoms with E-state index in [-0.39, 0.29) is 17.5 Å². The van der Waals surface area contributed by atoms with Crippen LogP contribution in [0.3, 0.4) is 0 Å². The lowest BCUT2D eigenvalue weighted by Gasteiger charge is -2.15. The number of nitrogens with zero attached hydrogens (tertiary/aromatic N) is 4. The molecule has 0 saturated heterocycles. The van der Waals surface area contributed by atoms with Gasteiger partial charge in [0.1, 0.15) is 11.6 Å². The van der Waals surface area contributed by atoms with E-state index in [0.29, 0.717) is 28.5 Å². The lowest BCUT2D eigenvalue weighted by molar-refractivity contribution is -0.114. The van der Waals surface area contributed by atoms with Gasteiger partial charge in [-0.2, -0.15) is 8.78 Å². The molecular weight excluding hydrogens is 394 g/mol. The summed E-state index contributed by atoms with van der Waals surface area (Å²) in [5, 5.41) is 5.61. The SMILES string of the molecule is COc1cccc(-c2cnc(NC(C)=O)cc2Nc2cc(C)nc(C(C)(F)F)n2)n1. The Kier molecular flexibility index (Phi) is 5.86. The van der Waals surface area contributed by atoms with Crippen LogP contribution in [-0.4, -0.2) is 33.0 Å². The molecule has 0 aliphatic carbocycles. The number of rotatable bonds is 6. The van der Waals surface area contributed by atoms with Gasteiger partial charge in [0.05, 0.1) is 18.5 Å². The van der Waals surface area contributed by atoms with Crippen LogP contribution in [0.4, 0.5) is 26.1 Å². The smallest absolute Gasteiger partial charge is 0.303 e. The minimum atomic E-state index is -3.20. The summed E-state index contributed by atoms with van der Waals surface area (Å²) in [6.45, 7) is 3.69. The highest BCUT2D eigenvalue weighted by molar-refractivity contribution is 5.89. The fourth-order valence-electron chi connectivity index (χ4n) is 2.66. The number of aryl methyl sites for hydroxylation is 1. The zero-order chi connectivity index (χ0) is 21.9. The number of halogens is 2. The standard InChI is InChI=1S/C20H20F2N6O2/c1-11-8-17(28-19(24-11)20(3,21)22)26-15-9-16(25-12(2)29)23-10-13(15)14-6-5-7-18(27-14)30-4/h5-10H,1-4H3,(H2,23,24,25,26,28,29). The molecule has 0 saturated carbocycles. The van der Waals surface area contributed by atoms with Gasteiger partial charge >= 0.3 is 5.92 Å². The molecule has 0 aliphatic rings. The summed E-state index contributed by atoms with van der Waals surface area (Å²) in [5.74, 6) is -3.24. The average molecular weight is 414 g/mol. The van der Waals surface area contributed by atoms with Crippen molar-refractivity contribution in [3.8, 4) is 17.1 Å². The first kappa shape index (κ1) is 21.0. The van der Waals surface area contributed by atoms with E-state index in [1.54, 1.807) is 31.2 Å². The summed E-state index contributed by atoms with van der Waals surface area (Å²) in [4.78, 5) is 27.8. The lowest BCUT2D eigenvalue weighted by Crippen LogP contribution is -2.14. The van der Waals surface area contributed by atoms with E-state index < -0.39 is 11.7 Å². The average Bonchev–Trinajstić information content (AvgIpc) is 2.66. The maximum absolute atomic E-state index is 13.8. The maximum atomic E-state index is 13.8. The molecule has 0 aromatic carbocycles. The summed E-state index contributed by atoms with van der Waals surface area (Å²) >= 11 is 0. The molecule has 0 fully saturated rings. The van der Waals surface area contributed by atoms with Crippen LogP contribution in [0, 0.1) is 6.92 Å². The monoisotopic (exact) mass is 414 g/mol. The maximum Gasteiger partial charge on any atom is 0.303 e. The Bertz CT molecular complexity index is 1090. The quantitative estimate of drug-likeness (QED) is 0.627. The molecule has 0 aliphatic heterocycles. The van der Waals surface area contributed by atoms with Gasteiger partial charge in [-0.15, -0.1) is 0 Å². The lowest BCUT2D eigenvalue weighted by atomic mass is 10.1. The van der Waals surface area contributed by atoms with Gasteiger partial charge in [0.2, 0.25) is 17.6 Å². The van der Waals surface area contributed by atoms with Crippen LogP contribution in [0.2, 0.25) is 0 Å². The summed E-state index contributed by atoms with van der Waals surface area (Å²) < 4.78 is 32.7. The molecule has 30 heavy (non-hydrogen) atoms. The number of nitrogens with one attached hydrogen (secondary N) is 2. The molecule has 8 nitrogen and oxygen atoms in total. The first-order valence-electron chi connectivity index (χ1n) is 8.96. The summed E-state index contributed by atoms with van der Waals surface area (Å²) in [6, 6.07) is 8.31. The summed E-state index contributed by atoms with van der Waals surface area (Å²) in [6.07, 6.45) is 1.51. The van der Waals surface area contributed by atoms with Crippen LogP contribution >= 0.6 is 0 Å². The van der Waals surface area contributed by atoms with E-state index in [2.05, 4.69) is 30.6 Å². The molecule has 0 atom stereocenters. The van der Waals surface area contributed by atoms with Crippen molar-refractivity contribution in [2.45, 2.75) is 26.7 Å². The van der Waals surface area contributed by atoms with Crippen LogP contribution < -0.4 is 15.4 Å². The number of anilines is 3. The van der Waals surface area contributed by atoms with E-state index in [9.17, 15) is 13.6 Å². The van der Waals surface area contributed by atoms with E-state index in [0.717, 1.165) is 6.92 Å². The topological polar surface area (TPSA) is 102 Å². The van der Waals surface area contributed by atoms with Crippen molar-refractivity contribution in [1.82, 2.24) is 19.9 Å². The second kappa shape index (κ2) is 8.36. The largest absolute Gasteiger partial charge is 0.481 e. The predicted octanol–water partition coefficient (Wildman–Crippen LogP) is 4.06. The highest BCUT2D eigenvalue weighted by Crippen LogP contribution is 2.32. The molecule has 2 N–H and O–H groups in total. The second-order valence-electron chi connectivity index (χ2n) is 6.59. The minimum absolute atomic E-state index is 0.170. The Hall–Kier alpha value is -3.69. The molecule has 0 bridgehead atoms. The van der Waals surface area contributed by atoms with Gasteiger partial charge in [0.15, 0.2) is 0 Å². The molecule has 3 aromatic heterocycles. The Labute approximate surface area is 171 Å². The van der Waals surface area contributed by atoms with Crippen molar-refractivity contribution in [3.05, 3.63) is 48.0 Å². The van der Waals surface area contributed by atoms with E-state index in [4.69, 9.17) is 4.74 Å². The first-order chi connectivity index (χ1) is 14.2. The minimum Gasteiger partial charge on any atom is -0.481 e. The Morgan fingerprint density at radius 3 is 2.57 bits per heavy atom. The van der Waals surface area contributed by atoms with Gasteiger partial charge in [0, 0.05) is 49.5 Å². The number of alkyl halides is 2. The molecule has 3 heterocycles. The molecular formula is C20H20F2N6O2. The van der Waals surface area contributed by atoms with Gasteiger partial charge in [-0.05, 0) is 13.0 Å². The van der Waals surface area contributed by atoms with Gasteiger partial charge in [-0.3, -0.25) is 4.79 Å². The van der Waals surface area contributed by atoms with Crippen LogP contribution in [0.15, 0.2) is 36.5 Å². The Morgan fingerprint density at radius 2 is 1.90 bits per heavy atom. The Balaban J connectivity index is 2.09. The van der Waals surface area contributed by atoms with E-state index in [1.165, 1.54) is 26.3 Å². The fraction of sp³-hybridized carbons (Fsp3) is 0.250. The number of amides is 1. The number of carbonyl (C=O) groups excluding carboxylic acids is 1. The third kappa shape index (κ3) is 5.02. The van der Waals surface area contributed by atoms with Gasteiger partial charge in [-0.25, -0.2) is 19.9 Å². The second-order valence-corrected chi connectivity index (χ2v) is 6.59. The zero-order valence-electron chi connectivity index (χ0n) is 16.8. The van der Waals surface area contributed by atoms with Crippen molar-refractivity contribution in [3.63, 3.8) is 0 Å². The molecule has 0 unspecified atom stereocenters. The molecule has 0 radical (unpaired) electrons. The van der Waals surface area contributed by atoms with Crippen molar-refractivity contribution >= 4 is 23.2 Å². The van der Waals surface area contributed by atoms with E-state index >= 15 is 0 Å². The van der Waals surface area contributed by atoms with E-state index in [1.807, 2.05) is 0 Å². The number of aromatic nitrogens is 4. The number of carbonyl (C=O) groups is 1. The van der Waals surface area contributed by atoms with Crippen LogP contribution in [0.1, 0.15) is 25.4 Å². The number of methoxy groups -OCH3 is 1. The van der Waals surface area contributed by atoms with Gasteiger partial charge in [-0.1, -0.05) is 6.07 Å². The Morgan fingerprint density at radius 1 is 1.13 bits per heavy atom. The third-order valence-electron chi connectivity index (χ3n) is 3.93. The van der Waals surface area contributed by atoms with Crippen molar-refractivity contribution in [1.29, 1.82) is 0 Å². The van der Waals surface area contributed by atoms with Crippen molar-refractivity contribution in [2.24, 2.45) is 0 Å². The molecule has 156 valence electrons. The van der Waals surface area contributed by atoms with Gasteiger partial charge in [0.25, 0.3) is 0 Å². The molecule has 0 spiro atoms. The normalized spacial score (nSPS) is 11.1. The molecule has 3 aromatic rings. The zero-order valence-corrected chi connectivity index (χ0v) is 16.8. The van der Waals surface area contributed by atoms with Crippen LogP contribution in [-0.2, 0) is 10.7 Å². The number of ether oxygens (including phenoxy) is 1. The molecule has 1 amide bonds. The number of hydrogen-bond donors (Lipinski definition) is 2. The molecule has 10 heteroatoms. The fourth-order valence-corrected chi connectivity index (χ4v) is 2.66.